The molecule has 1 aromatic carbocycles. The third kappa shape index (κ3) is 2.09. The van der Waals surface area contributed by atoms with E-state index in [9.17, 15) is 13.5 Å². The van der Waals surface area contributed by atoms with Gasteiger partial charge in [-0.2, -0.15) is 8.42 Å². The van der Waals surface area contributed by atoms with E-state index in [0.29, 0.717) is 6.42 Å². The van der Waals surface area contributed by atoms with Crippen LogP contribution in [0.25, 0.3) is 10.9 Å². The Morgan fingerprint density at radius 1 is 1.24 bits per heavy atom. The first-order chi connectivity index (χ1) is 7.93. The van der Waals surface area contributed by atoms with Crippen molar-refractivity contribution in [3.8, 4) is 5.75 Å². The normalized spacial score (nSPS) is 11.9. The molecule has 2 N–H and O–H groups in total. The molecular formula is C11H11NO4S. The van der Waals surface area contributed by atoms with Gasteiger partial charge in [0, 0.05) is 11.1 Å². The van der Waals surface area contributed by atoms with Crippen LogP contribution < -0.4 is 0 Å². The van der Waals surface area contributed by atoms with Crippen LogP contribution in [-0.4, -0.2) is 23.1 Å². The fourth-order valence-corrected chi connectivity index (χ4v) is 2.32. The molecule has 0 aliphatic carbocycles. The van der Waals surface area contributed by atoms with Crippen LogP contribution in [0.2, 0.25) is 0 Å². The van der Waals surface area contributed by atoms with Crippen molar-refractivity contribution in [1.82, 2.24) is 4.98 Å². The van der Waals surface area contributed by atoms with E-state index < -0.39 is 10.1 Å². The Labute approximate surface area is 98.5 Å². The maximum Gasteiger partial charge on any atom is 0.295 e. The van der Waals surface area contributed by atoms with Crippen molar-refractivity contribution in [1.29, 1.82) is 0 Å². The summed E-state index contributed by atoms with van der Waals surface area (Å²) in [7, 11) is -4.32. The summed E-state index contributed by atoms with van der Waals surface area (Å²) >= 11 is 0. The van der Waals surface area contributed by atoms with Gasteiger partial charge in [-0.05, 0) is 30.7 Å². The number of hydrogen-bond acceptors (Lipinski definition) is 4. The number of aromatic hydroxyl groups is 1. The average Bonchev–Trinajstić information content (AvgIpc) is 2.27. The quantitative estimate of drug-likeness (QED) is 0.796. The van der Waals surface area contributed by atoms with E-state index in [4.69, 9.17) is 4.55 Å². The van der Waals surface area contributed by atoms with Gasteiger partial charge in [0.05, 0.1) is 0 Å². The number of aryl methyl sites for hydroxylation is 1. The topological polar surface area (TPSA) is 87.5 Å². The number of rotatable bonds is 2. The Bertz CT molecular complexity index is 679. The van der Waals surface area contributed by atoms with E-state index in [1.54, 1.807) is 6.07 Å². The molecule has 5 nitrogen and oxygen atoms in total. The van der Waals surface area contributed by atoms with E-state index in [2.05, 4.69) is 4.98 Å². The van der Waals surface area contributed by atoms with Crippen molar-refractivity contribution < 1.29 is 18.1 Å². The number of phenols is 1. The van der Waals surface area contributed by atoms with Gasteiger partial charge in [-0.1, -0.05) is 6.92 Å². The zero-order chi connectivity index (χ0) is 12.6. The predicted octanol–water partition coefficient (Wildman–Crippen LogP) is 1.75. The standard InChI is InChI=1S/C11H11NO4S/c1-2-7-3-4-8-10(17(14,15)16)6-5-9(13)11(8)12-7/h3-6,13H,2H2,1H3,(H,14,15,16). The molecule has 1 heterocycles. The summed E-state index contributed by atoms with van der Waals surface area (Å²) in [5, 5.41) is 9.86. The first-order valence-corrected chi connectivity index (χ1v) is 6.46. The second kappa shape index (κ2) is 3.97. The summed E-state index contributed by atoms with van der Waals surface area (Å²) in [5.41, 5.74) is 0.916. The number of aromatic nitrogens is 1. The molecule has 2 aromatic rings. The lowest BCUT2D eigenvalue weighted by molar-refractivity contribution is 0.478. The zero-order valence-electron chi connectivity index (χ0n) is 9.08. The van der Waals surface area contributed by atoms with Gasteiger partial charge in [0.25, 0.3) is 10.1 Å². The number of nitrogens with zero attached hydrogens (tertiary/aromatic N) is 1. The van der Waals surface area contributed by atoms with Crippen molar-refractivity contribution in [2.24, 2.45) is 0 Å². The first-order valence-electron chi connectivity index (χ1n) is 5.02. The average molecular weight is 253 g/mol. The Morgan fingerprint density at radius 2 is 1.94 bits per heavy atom. The molecule has 0 radical (unpaired) electrons. The van der Waals surface area contributed by atoms with Crippen LogP contribution in [-0.2, 0) is 16.5 Å². The molecule has 0 aliphatic heterocycles. The van der Waals surface area contributed by atoms with Gasteiger partial charge in [-0.15, -0.1) is 0 Å². The van der Waals surface area contributed by atoms with Crippen LogP contribution in [0.4, 0.5) is 0 Å². The molecule has 90 valence electrons. The second-order valence-corrected chi connectivity index (χ2v) is 5.00. The molecule has 1 aromatic heterocycles. The summed E-state index contributed by atoms with van der Waals surface area (Å²) in [6.07, 6.45) is 0.672. The first kappa shape index (κ1) is 11.8. The number of pyridine rings is 1. The van der Waals surface area contributed by atoms with E-state index in [1.165, 1.54) is 12.1 Å². The van der Waals surface area contributed by atoms with Crippen LogP contribution in [0, 0.1) is 0 Å². The van der Waals surface area contributed by atoms with Crippen LogP contribution in [0.1, 0.15) is 12.6 Å². The Hall–Kier alpha value is -1.66. The van der Waals surface area contributed by atoms with Crippen LogP contribution >= 0.6 is 0 Å². The summed E-state index contributed by atoms with van der Waals surface area (Å²) in [6, 6.07) is 5.55. The lowest BCUT2D eigenvalue weighted by atomic mass is 10.1. The molecule has 0 unspecified atom stereocenters. The highest BCUT2D eigenvalue weighted by Crippen LogP contribution is 2.28. The van der Waals surface area contributed by atoms with Gasteiger partial charge in [0.15, 0.2) is 0 Å². The third-order valence-electron chi connectivity index (χ3n) is 2.49. The van der Waals surface area contributed by atoms with Crippen molar-refractivity contribution in [3.63, 3.8) is 0 Å². The molecule has 6 heteroatoms. The molecule has 0 amide bonds. The predicted molar refractivity (Wildman–Crippen MR) is 62.6 cm³/mol. The monoisotopic (exact) mass is 253 g/mol. The molecule has 0 bridgehead atoms. The molecule has 0 aliphatic rings. The molecule has 0 atom stereocenters. The van der Waals surface area contributed by atoms with Crippen LogP contribution in [0.3, 0.4) is 0 Å². The number of hydrogen-bond donors (Lipinski definition) is 2. The maximum atomic E-state index is 11.2. The van der Waals surface area contributed by atoms with E-state index in [1.807, 2.05) is 6.92 Å². The van der Waals surface area contributed by atoms with Crippen molar-refractivity contribution in [2.75, 3.05) is 0 Å². The fourth-order valence-electron chi connectivity index (χ4n) is 1.64. The number of fused-ring (bicyclic) bond motifs is 1. The van der Waals surface area contributed by atoms with E-state index in [-0.39, 0.29) is 21.5 Å². The Balaban J connectivity index is 2.88. The molecular weight excluding hydrogens is 242 g/mol. The van der Waals surface area contributed by atoms with Crippen molar-refractivity contribution >= 4 is 21.0 Å². The molecule has 2 rings (SSSR count). The number of benzene rings is 1. The number of phenolic OH excluding ortho intramolecular Hbond substituents is 1. The Morgan fingerprint density at radius 3 is 2.53 bits per heavy atom. The van der Waals surface area contributed by atoms with Gasteiger partial charge in [-0.25, -0.2) is 4.98 Å². The van der Waals surface area contributed by atoms with E-state index in [0.717, 1.165) is 11.8 Å². The Kier molecular flexibility index (Phi) is 2.76. The lowest BCUT2D eigenvalue weighted by Crippen LogP contribution is -2.00. The highest BCUT2D eigenvalue weighted by Gasteiger charge is 2.16. The van der Waals surface area contributed by atoms with Gasteiger partial charge in [0.1, 0.15) is 16.2 Å². The maximum absolute atomic E-state index is 11.2. The van der Waals surface area contributed by atoms with Gasteiger partial charge < -0.3 is 5.11 Å². The second-order valence-electron chi connectivity index (χ2n) is 3.61. The van der Waals surface area contributed by atoms with Gasteiger partial charge >= 0.3 is 0 Å². The molecule has 0 saturated heterocycles. The summed E-state index contributed by atoms with van der Waals surface area (Å²) in [6.45, 7) is 1.90. The lowest BCUT2D eigenvalue weighted by Gasteiger charge is -2.06. The van der Waals surface area contributed by atoms with Crippen LogP contribution in [0.5, 0.6) is 5.75 Å². The smallest absolute Gasteiger partial charge is 0.295 e. The van der Waals surface area contributed by atoms with Crippen molar-refractivity contribution in [3.05, 3.63) is 30.0 Å². The highest BCUT2D eigenvalue weighted by atomic mass is 32.2. The molecule has 0 spiro atoms. The van der Waals surface area contributed by atoms with Gasteiger partial charge in [0.2, 0.25) is 0 Å². The summed E-state index contributed by atoms with van der Waals surface area (Å²) in [5.74, 6) is -0.109. The summed E-state index contributed by atoms with van der Waals surface area (Å²) in [4.78, 5) is 3.89. The minimum atomic E-state index is -4.32. The summed E-state index contributed by atoms with van der Waals surface area (Å²) < 4.78 is 31.4. The van der Waals surface area contributed by atoms with Crippen molar-refractivity contribution in [2.45, 2.75) is 18.2 Å². The zero-order valence-corrected chi connectivity index (χ0v) is 9.90. The van der Waals surface area contributed by atoms with Crippen LogP contribution in [0.15, 0.2) is 29.2 Å². The molecule has 17 heavy (non-hydrogen) atoms. The highest BCUT2D eigenvalue weighted by molar-refractivity contribution is 7.86. The molecule has 0 saturated carbocycles. The SMILES string of the molecule is CCc1ccc2c(S(=O)(=O)O)ccc(O)c2n1. The minimum absolute atomic E-state index is 0.109. The largest absolute Gasteiger partial charge is 0.506 e. The third-order valence-corrected chi connectivity index (χ3v) is 3.41. The minimum Gasteiger partial charge on any atom is -0.506 e. The fraction of sp³-hybridized carbons (Fsp3) is 0.182. The molecule has 0 fully saturated rings. The van der Waals surface area contributed by atoms with E-state index >= 15 is 0 Å². The van der Waals surface area contributed by atoms with Gasteiger partial charge in [-0.3, -0.25) is 4.55 Å².